The number of urea groups is 1. The molecule has 1 aliphatic rings. The minimum Gasteiger partial charge on any atom is -0.459 e. The van der Waals surface area contributed by atoms with Crippen LogP contribution in [0.2, 0.25) is 0 Å². The average molecular weight is 364 g/mol. The van der Waals surface area contributed by atoms with Crippen LogP contribution >= 0.6 is 11.8 Å². The van der Waals surface area contributed by atoms with Crippen LogP contribution in [0.5, 0.6) is 0 Å². The summed E-state index contributed by atoms with van der Waals surface area (Å²) >= 11 is 1.06. The lowest BCUT2D eigenvalue weighted by atomic mass is 9.86. The Balaban J connectivity index is 1.42. The molecular weight excluding hydrogens is 344 g/mol. The molecule has 25 heavy (non-hydrogen) atoms. The number of hydrogen-bond donors (Lipinski definition) is 2. The van der Waals surface area contributed by atoms with Crippen LogP contribution in [-0.4, -0.2) is 33.9 Å². The molecule has 0 aromatic carbocycles. The fourth-order valence-electron chi connectivity index (χ4n) is 2.79. The van der Waals surface area contributed by atoms with Gasteiger partial charge in [0.25, 0.3) is 11.1 Å². The lowest BCUT2D eigenvalue weighted by Gasteiger charge is -2.29. The SMILES string of the molecule is C[C@@H]1CCCC[C@H]1NC(=O)NC(=O)CSc1nnc(-c2ccco2)o1. The maximum absolute atomic E-state index is 11.9. The van der Waals surface area contributed by atoms with Gasteiger partial charge < -0.3 is 14.2 Å². The zero-order valence-corrected chi connectivity index (χ0v) is 14.7. The summed E-state index contributed by atoms with van der Waals surface area (Å²) < 4.78 is 10.5. The summed E-state index contributed by atoms with van der Waals surface area (Å²) in [6, 6.07) is 3.09. The molecule has 0 aliphatic heterocycles. The first-order chi connectivity index (χ1) is 12.1. The first-order valence-corrected chi connectivity index (χ1v) is 9.21. The van der Waals surface area contributed by atoms with Gasteiger partial charge in [-0.05, 0) is 30.9 Å². The fraction of sp³-hybridized carbons (Fsp3) is 0.500. The van der Waals surface area contributed by atoms with Gasteiger partial charge >= 0.3 is 6.03 Å². The average Bonchev–Trinajstić information content (AvgIpc) is 3.26. The molecule has 0 saturated heterocycles. The van der Waals surface area contributed by atoms with Gasteiger partial charge in [0.15, 0.2) is 5.76 Å². The van der Waals surface area contributed by atoms with Gasteiger partial charge in [-0.1, -0.05) is 31.5 Å². The van der Waals surface area contributed by atoms with E-state index in [0.29, 0.717) is 11.7 Å². The Morgan fingerprint density at radius 1 is 1.32 bits per heavy atom. The van der Waals surface area contributed by atoms with Crippen LogP contribution in [0.4, 0.5) is 4.79 Å². The van der Waals surface area contributed by atoms with Crippen molar-refractivity contribution in [3.05, 3.63) is 18.4 Å². The number of carbonyl (C=O) groups is 2. The van der Waals surface area contributed by atoms with Gasteiger partial charge in [0, 0.05) is 6.04 Å². The van der Waals surface area contributed by atoms with Crippen molar-refractivity contribution >= 4 is 23.7 Å². The maximum Gasteiger partial charge on any atom is 0.321 e. The minimum atomic E-state index is -0.453. The third kappa shape index (κ3) is 4.85. The van der Waals surface area contributed by atoms with Crippen LogP contribution in [0.3, 0.4) is 0 Å². The van der Waals surface area contributed by atoms with Crippen LogP contribution in [0.1, 0.15) is 32.6 Å². The minimum absolute atomic E-state index is 0.00737. The fourth-order valence-corrected chi connectivity index (χ4v) is 3.36. The van der Waals surface area contributed by atoms with Crippen molar-refractivity contribution in [1.82, 2.24) is 20.8 Å². The summed E-state index contributed by atoms with van der Waals surface area (Å²) in [7, 11) is 0. The predicted octanol–water partition coefficient (Wildman–Crippen LogP) is 2.83. The van der Waals surface area contributed by atoms with Gasteiger partial charge in [-0.15, -0.1) is 10.2 Å². The Labute approximate surface area is 149 Å². The molecule has 2 aromatic rings. The van der Waals surface area contributed by atoms with Crippen molar-refractivity contribution in [2.24, 2.45) is 5.92 Å². The van der Waals surface area contributed by atoms with Gasteiger partial charge in [0.05, 0.1) is 12.0 Å². The van der Waals surface area contributed by atoms with Crippen molar-refractivity contribution in [2.45, 2.75) is 43.9 Å². The Bertz CT molecular complexity index is 716. The summed E-state index contributed by atoms with van der Waals surface area (Å²) in [5, 5.41) is 13.1. The number of nitrogens with zero attached hydrogens (tertiary/aromatic N) is 2. The Morgan fingerprint density at radius 3 is 2.92 bits per heavy atom. The number of amides is 3. The van der Waals surface area contributed by atoms with Gasteiger partial charge in [0.1, 0.15) is 0 Å². The maximum atomic E-state index is 11.9. The van der Waals surface area contributed by atoms with E-state index in [2.05, 4.69) is 27.8 Å². The molecule has 134 valence electrons. The second-order valence-corrected chi connectivity index (χ2v) is 6.96. The number of imide groups is 1. The lowest BCUT2D eigenvalue weighted by molar-refractivity contribution is -0.117. The van der Waals surface area contributed by atoms with Crippen molar-refractivity contribution < 1.29 is 18.4 Å². The smallest absolute Gasteiger partial charge is 0.321 e. The highest BCUT2D eigenvalue weighted by Gasteiger charge is 2.23. The zero-order chi connectivity index (χ0) is 17.6. The monoisotopic (exact) mass is 364 g/mol. The molecule has 1 saturated carbocycles. The quantitative estimate of drug-likeness (QED) is 0.785. The summed E-state index contributed by atoms with van der Waals surface area (Å²) in [5.74, 6) is 0.737. The summed E-state index contributed by atoms with van der Waals surface area (Å²) in [4.78, 5) is 23.8. The molecule has 0 spiro atoms. The molecule has 9 heteroatoms. The molecule has 0 bridgehead atoms. The second kappa shape index (κ2) is 8.19. The van der Waals surface area contributed by atoms with Crippen LogP contribution < -0.4 is 10.6 Å². The van der Waals surface area contributed by atoms with Crippen LogP contribution in [-0.2, 0) is 4.79 Å². The molecule has 8 nitrogen and oxygen atoms in total. The van der Waals surface area contributed by atoms with E-state index in [1.165, 1.54) is 12.7 Å². The molecule has 1 aliphatic carbocycles. The van der Waals surface area contributed by atoms with E-state index in [1.807, 2.05) is 0 Å². The van der Waals surface area contributed by atoms with E-state index in [9.17, 15) is 9.59 Å². The largest absolute Gasteiger partial charge is 0.459 e. The van der Waals surface area contributed by atoms with E-state index in [0.717, 1.165) is 31.0 Å². The Kier molecular flexibility index (Phi) is 5.75. The van der Waals surface area contributed by atoms with E-state index in [4.69, 9.17) is 8.83 Å². The first-order valence-electron chi connectivity index (χ1n) is 8.22. The highest BCUT2D eigenvalue weighted by Crippen LogP contribution is 2.24. The third-order valence-electron chi connectivity index (χ3n) is 4.15. The van der Waals surface area contributed by atoms with E-state index in [1.54, 1.807) is 12.1 Å². The van der Waals surface area contributed by atoms with Crippen LogP contribution in [0.25, 0.3) is 11.7 Å². The third-order valence-corrected chi connectivity index (χ3v) is 4.96. The molecule has 0 unspecified atom stereocenters. The van der Waals surface area contributed by atoms with E-state index in [-0.39, 0.29) is 22.9 Å². The number of hydrogen-bond acceptors (Lipinski definition) is 7. The van der Waals surface area contributed by atoms with Crippen LogP contribution in [0, 0.1) is 5.92 Å². The highest BCUT2D eigenvalue weighted by atomic mass is 32.2. The van der Waals surface area contributed by atoms with Crippen molar-refractivity contribution in [2.75, 3.05) is 5.75 Å². The molecule has 1 fully saturated rings. The molecule has 3 rings (SSSR count). The number of rotatable bonds is 5. The number of furan rings is 1. The predicted molar refractivity (Wildman–Crippen MR) is 90.8 cm³/mol. The number of carbonyl (C=O) groups excluding carboxylic acids is 2. The molecule has 2 atom stereocenters. The standard InChI is InChI=1S/C16H20N4O4S/c1-10-5-2-3-6-11(10)17-15(22)18-13(21)9-25-16-20-19-14(24-16)12-7-4-8-23-12/h4,7-8,10-11H,2-3,5-6,9H2,1H3,(H2,17,18,21,22)/t10-,11-/m1/s1. The molecule has 0 radical (unpaired) electrons. The molecular formula is C16H20N4O4S. The van der Waals surface area contributed by atoms with Gasteiger partial charge in [0.2, 0.25) is 5.91 Å². The van der Waals surface area contributed by atoms with Gasteiger partial charge in [-0.2, -0.15) is 0 Å². The lowest BCUT2D eigenvalue weighted by Crippen LogP contribution is -2.48. The molecule has 2 aromatic heterocycles. The van der Waals surface area contributed by atoms with Crippen molar-refractivity contribution in [3.63, 3.8) is 0 Å². The number of aromatic nitrogens is 2. The molecule has 2 heterocycles. The van der Waals surface area contributed by atoms with E-state index < -0.39 is 11.9 Å². The Hall–Kier alpha value is -2.29. The molecule has 2 N–H and O–H groups in total. The molecule has 3 amide bonds. The number of thioether (sulfide) groups is 1. The second-order valence-electron chi connectivity index (χ2n) is 6.03. The number of nitrogens with one attached hydrogen (secondary N) is 2. The first kappa shape index (κ1) is 17.5. The summed E-state index contributed by atoms with van der Waals surface area (Å²) in [6.07, 6.45) is 5.86. The van der Waals surface area contributed by atoms with Gasteiger partial charge in [-0.25, -0.2) is 4.79 Å². The van der Waals surface area contributed by atoms with Crippen molar-refractivity contribution in [1.29, 1.82) is 0 Å². The topological polar surface area (TPSA) is 110 Å². The van der Waals surface area contributed by atoms with E-state index >= 15 is 0 Å². The zero-order valence-electron chi connectivity index (χ0n) is 13.9. The Morgan fingerprint density at radius 2 is 2.16 bits per heavy atom. The summed E-state index contributed by atoms with van der Waals surface area (Å²) in [6.45, 7) is 2.12. The normalized spacial score (nSPS) is 20.2. The van der Waals surface area contributed by atoms with Crippen molar-refractivity contribution in [3.8, 4) is 11.7 Å². The van der Waals surface area contributed by atoms with Gasteiger partial charge in [-0.3, -0.25) is 10.1 Å². The van der Waals surface area contributed by atoms with Crippen LogP contribution in [0.15, 0.2) is 32.5 Å². The summed E-state index contributed by atoms with van der Waals surface area (Å²) in [5.41, 5.74) is 0. The highest BCUT2D eigenvalue weighted by molar-refractivity contribution is 7.99.